The van der Waals surface area contributed by atoms with E-state index >= 15 is 0 Å². The van der Waals surface area contributed by atoms with Crippen LogP contribution in [0.25, 0.3) is 0 Å². The van der Waals surface area contributed by atoms with Gasteiger partial charge < -0.3 is 15.0 Å². The van der Waals surface area contributed by atoms with Crippen LogP contribution in [0.1, 0.15) is 37.8 Å². The van der Waals surface area contributed by atoms with E-state index in [2.05, 4.69) is 28.3 Å². The predicted octanol–water partition coefficient (Wildman–Crippen LogP) is 2.20. The number of fused-ring (bicyclic) bond motifs is 2. The minimum Gasteiger partial charge on any atom is -0.481 e. The Hall–Kier alpha value is -1.13. The van der Waals surface area contributed by atoms with E-state index in [0.717, 1.165) is 24.3 Å². The Kier molecular flexibility index (Phi) is 4.22. The van der Waals surface area contributed by atoms with E-state index in [4.69, 9.17) is 4.74 Å². The minimum absolute atomic E-state index is 0.634. The lowest BCUT2D eigenvalue weighted by molar-refractivity contribution is 0.0481. The molecule has 2 aliphatic heterocycles. The van der Waals surface area contributed by atoms with Crippen molar-refractivity contribution < 1.29 is 4.74 Å². The van der Waals surface area contributed by atoms with Crippen LogP contribution >= 0.6 is 0 Å². The summed E-state index contributed by atoms with van der Waals surface area (Å²) in [6.07, 6.45) is 6.68. The Balaban J connectivity index is 1.56. The average molecular weight is 275 g/mol. The lowest BCUT2D eigenvalue weighted by Gasteiger charge is -2.47. The van der Waals surface area contributed by atoms with Gasteiger partial charge in [-0.3, -0.25) is 0 Å². The first-order chi connectivity index (χ1) is 9.76. The summed E-state index contributed by atoms with van der Waals surface area (Å²) >= 11 is 0. The van der Waals surface area contributed by atoms with Crippen molar-refractivity contribution in [3.63, 3.8) is 0 Å². The first kappa shape index (κ1) is 13.8. The molecule has 2 atom stereocenters. The molecule has 4 nitrogen and oxygen atoms in total. The van der Waals surface area contributed by atoms with Crippen LogP contribution in [0, 0.1) is 0 Å². The maximum Gasteiger partial charge on any atom is 0.213 e. The molecule has 2 saturated heterocycles. The highest BCUT2D eigenvalue weighted by Gasteiger charge is 2.35. The summed E-state index contributed by atoms with van der Waals surface area (Å²) in [7, 11) is 3.96. The van der Waals surface area contributed by atoms with E-state index in [-0.39, 0.29) is 0 Å². The number of methoxy groups -OCH3 is 1. The predicted molar refractivity (Wildman–Crippen MR) is 79.8 cm³/mol. The van der Waals surface area contributed by atoms with Gasteiger partial charge in [-0.1, -0.05) is 12.5 Å². The van der Waals surface area contributed by atoms with Gasteiger partial charge in [0.2, 0.25) is 5.88 Å². The Morgan fingerprint density at radius 2 is 2.05 bits per heavy atom. The number of hydrogen-bond donors (Lipinski definition) is 1. The number of pyridine rings is 1. The van der Waals surface area contributed by atoms with Gasteiger partial charge >= 0.3 is 0 Å². The van der Waals surface area contributed by atoms with Crippen molar-refractivity contribution in [2.45, 2.75) is 56.8 Å². The molecule has 3 rings (SSSR count). The van der Waals surface area contributed by atoms with E-state index in [1.807, 2.05) is 12.1 Å². The average Bonchev–Trinajstić information content (AvgIpc) is 2.46. The number of piperidine rings is 2. The van der Waals surface area contributed by atoms with E-state index < -0.39 is 0 Å². The molecular weight excluding hydrogens is 250 g/mol. The van der Waals surface area contributed by atoms with E-state index in [0.29, 0.717) is 11.9 Å². The third-order valence-electron chi connectivity index (χ3n) is 4.90. The fourth-order valence-corrected chi connectivity index (χ4v) is 3.70. The van der Waals surface area contributed by atoms with Crippen LogP contribution in [0.15, 0.2) is 18.2 Å². The van der Waals surface area contributed by atoms with Gasteiger partial charge in [0.05, 0.1) is 12.8 Å². The van der Waals surface area contributed by atoms with Crippen molar-refractivity contribution in [2.75, 3.05) is 14.2 Å². The summed E-state index contributed by atoms with van der Waals surface area (Å²) in [6.45, 7) is 0.838. The molecule has 0 amide bonds. The van der Waals surface area contributed by atoms with Crippen LogP contribution in [0.3, 0.4) is 0 Å². The summed E-state index contributed by atoms with van der Waals surface area (Å²) in [5.74, 6) is 0.699. The van der Waals surface area contributed by atoms with Crippen molar-refractivity contribution in [3.8, 4) is 5.88 Å². The molecule has 0 aromatic carbocycles. The lowest BCUT2D eigenvalue weighted by Crippen LogP contribution is -2.54. The second kappa shape index (κ2) is 6.10. The smallest absolute Gasteiger partial charge is 0.213 e. The van der Waals surface area contributed by atoms with Crippen molar-refractivity contribution in [1.82, 2.24) is 15.2 Å². The quantitative estimate of drug-likeness (QED) is 0.914. The molecule has 3 heterocycles. The monoisotopic (exact) mass is 275 g/mol. The summed E-state index contributed by atoms with van der Waals surface area (Å²) in [5, 5.41) is 3.69. The number of nitrogens with zero attached hydrogens (tertiary/aromatic N) is 2. The second-order valence-electron chi connectivity index (χ2n) is 6.12. The third kappa shape index (κ3) is 2.96. The number of aromatic nitrogens is 1. The fourth-order valence-electron chi connectivity index (χ4n) is 3.70. The van der Waals surface area contributed by atoms with Crippen LogP contribution in [0.2, 0.25) is 0 Å². The number of hydrogen-bond acceptors (Lipinski definition) is 4. The molecular formula is C16H25N3O. The molecule has 1 aromatic heterocycles. The Morgan fingerprint density at radius 3 is 2.75 bits per heavy atom. The highest BCUT2D eigenvalue weighted by atomic mass is 16.5. The maximum atomic E-state index is 5.18. The molecule has 1 aromatic rings. The summed E-state index contributed by atoms with van der Waals surface area (Å²) in [4.78, 5) is 7.07. The fraction of sp³-hybridized carbons (Fsp3) is 0.688. The van der Waals surface area contributed by atoms with E-state index in [1.165, 1.54) is 32.1 Å². The molecule has 2 bridgehead atoms. The highest BCUT2D eigenvalue weighted by molar-refractivity contribution is 5.15. The molecule has 2 aliphatic rings. The molecule has 0 radical (unpaired) electrons. The zero-order valence-electron chi connectivity index (χ0n) is 12.5. The lowest BCUT2D eigenvalue weighted by atomic mass is 9.82. The van der Waals surface area contributed by atoms with Gasteiger partial charge in [0.15, 0.2) is 0 Å². The molecule has 1 N–H and O–H groups in total. The van der Waals surface area contributed by atoms with Gasteiger partial charge in [0.25, 0.3) is 0 Å². The minimum atomic E-state index is 0.634. The van der Waals surface area contributed by atoms with Gasteiger partial charge in [0, 0.05) is 30.7 Å². The summed E-state index contributed by atoms with van der Waals surface area (Å²) in [5.41, 5.74) is 1.06. The Labute approximate surface area is 121 Å². The van der Waals surface area contributed by atoms with Gasteiger partial charge in [-0.05, 0) is 38.8 Å². The van der Waals surface area contributed by atoms with Crippen LogP contribution in [0.4, 0.5) is 0 Å². The first-order valence-corrected chi connectivity index (χ1v) is 7.71. The van der Waals surface area contributed by atoms with Crippen molar-refractivity contribution in [2.24, 2.45) is 0 Å². The highest BCUT2D eigenvalue weighted by Crippen LogP contribution is 2.32. The maximum absolute atomic E-state index is 5.18. The third-order valence-corrected chi connectivity index (χ3v) is 4.90. The van der Waals surface area contributed by atoms with Crippen LogP contribution in [0.5, 0.6) is 5.88 Å². The van der Waals surface area contributed by atoms with Gasteiger partial charge in [-0.2, -0.15) is 0 Å². The zero-order chi connectivity index (χ0) is 13.9. The molecule has 0 spiro atoms. The Bertz CT molecular complexity index is 437. The second-order valence-corrected chi connectivity index (χ2v) is 6.12. The number of rotatable bonds is 4. The van der Waals surface area contributed by atoms with Gasteiger partial charge in [-0.25, -0.2) is 4.98 Å². The molecule has 110 valence electrons. The van der Waals surface area contributed by atoms with E-state index in [9.17, 15) is 0 Å². The first-order valence-electron chi connectivity index (χ1n) is 7.71. The number of ether oxygens (including phenoxy) is 1. The molecule has 0 aliphatic carbocycles. The zero-order valence-corrected chi connectivity index (χ0v) is 12.5. The molecule has 20 heavy (non-hydrogen) atoms. The van der Waals surface area contributed by atoms with E-state index in [1.54, 1.807) is 7.11 Å². The normalized spacial score (nSPS) is 30.2. The SMILES string of the molecule is COc1cccc(CNC2CC3CCCC(C2)N3C)n1. The van der Waals surface area contributed by atoms with Crippen LogP contribution in [-0.2, 0) is 6.54 Å². The Morgan fingerprint density at radius 1 is 1.30 bits per heavy atom. The largest absolute Gasteiger partial charge is 0.481 e. The summed E-state index contributed by atoms with van der Waals surface area (Å²) in [6, 6.07) is 8.15. The van der Waals surface area contributed by atoms with Gasteiger partial charge in [-0.15, -0.1) is 0 Å². The topological polar surface area (TPSA) is 37.4 Å². The number of nitrogens with one attached hydrogen (secondary N) is 1. The molecule has 4 heteroatoms. The standard InChI is InChI=1S/C16H25N3O/c1-19-14-6-4-7-15(19)10-13(9-14)17-11-12-5-3-8-16(18-12)20-2/h3,5,8,13-15,17H,4,6-7,9-11H2,1-2H3. The molecule has 0 saturated carbocycles. The van der Waals surface area contributed by atoms with Crippen LogP contribution in [-0.4, -0.2) is 42.2 Å². The van der Waals surface area contributed by atoms with Crippen molar-refractivity contribution in [1.29, 1.82) is 0 Å². The summed E-state index contributed by atoms with van der Waals surface area (Å²) < 4.78 is 5.18. The van der Waals surface area contributed by atoms with Gasteiger partial charge in [0.1, 0.15) is 0 Å². The van der Waals surface area contributed by atoms with Crippen LogP contribution < -0.4 is 10.1 Å². The molecule has 2 unspecified atom stereocenters. The van der Waals surface area contributed by atoms with Crippen molar-refractivity contribution >= 4 is 0 Å². The van der Waals surface area contributed by atoms with Crippen molar-refractivity contribution in [3.05, 3.63) is 23.9 Å². The molecule has 2 fully saturated rings.